The van der Waals surface area contributed by atoms with Crippen LogP contribution < -0.4 is 0 Å². The minimum atomic E-state index is -0.904. The van der Waals surface area contributed by atoms with Crippen molar-refractivity contribution in [3.8, 4) is 0 Å². The second-order valence-corrected chi connectivity index (χ2v) is 3.54. The monoisotopic (exact) mass is 191 g/mol. The van der Waals surface area contributed by atoms with E-state index in [4.69, 9.17) is 9.29 Å². The van der Waals surface area contributed by atoms with Crippen molar-refractivity contribution in [2.45, 2.75) is 32.2 Å². The van der Waals surface area contributed by atoms with E-state index in [1.54, 1.807) is 0 Å². The molecule has 1 aliphatic heterocycles. The van der Waals surface area contributed by atoms with Crippen LogP contribution >= 0.6 is 12.2 Å². The van der Waals surface area contributed by atoms with Gasteiger partial charge in [-0.3, -0.25) is 4.18 Å². The minimum Gasteiger partial charge on any atom is -0.464 e. The highest BCUT2D eigenvalue weighted by atomic mass is 32.2. The quantitative estimate of drug-likeness (QED) is 0.548. The van der Waals surface area contributed by atoms with E-state index in [1.165, 1.54) is 4.31 Å². The summed E-state index contributed by atoms with van der Waals surface area (Å²) in [6, 6.07) is 0.0486. The van der Waals surface area contributed by atoms with Gasteiger partial charge in [-0.1, -0.05) is 19.8 Å². The summed E-state index contributed by atoms with van der Waals surface area (Å²) in [6.45, 7) is 2.62. The second kappa shape index (κ2) is 4.57. The maximum absolute atomic E-state index is 10.6. The summed E-state index contributed by atoms with van der Waals surface area (Å²) in [5.74, 6) is 0. The van der Waals surface area contributed by atoms with E-state index < -0.39 is 6.09 Å². The highest BCUT2D eigenvalue weighted by Crippen LogP contribution is 2.27. The molecule has 1 amide bonds. The van der Waals surface area contributed by atoms with Gasteiger partial charge in [0.1, 0.15) is 12.2 Å². The molecule has 0 saturated carbocycles. The Morgan fingerprint density at radius 1 is 1.83 bits per heavy atom. The van der Waals surface area contributed by atoms with Gasteiger partial charge < -0.3 is 5.11 Å². The molecule has 0 aromatic rings. The first kappa shape index (κ1) is 9.67. The molecule has 0 bridgehead atoms. The fourth-order valence-electron chi connectivity index (χ4n) is 1.12. The lowest BCUT2D eigenvalue weighted by Gasteiger charge is -2.15. The van der Waals surface area contributed by atoms with Crippen molar-refractivity contribution in [2.75, 3.05) is 6.61 Å². The molecule has 1 atom stereocenters. The smallest absolute Gasteiger partial charge is 0.419 e. The van der Waals surface area contributed by atoms with Gasteiger partial charge in [-0.05, 0) is 6.42 Å². The number of rotatable bonds is 3. The minimum absolute atomic E-state index is 0.0486. The Balaban J connectivity index is 2.35. The zero-order valence-electron chi connectivity index (χ0n) is 7.02. The Hall–Kier alpha value is -0.420. The predicted molar refractivity (Wildman–Crippen MR) is 46.7 cm³/mol. The number of amides is 1. The van der Waals surface area contributed by atoms with Crippen LogP contribution in [0.1, 0.15) is 26.2 Å². The molecule has 0 aromatic heterocycles. The first-order chi connectivity index (χ1) is 5.75. The molecule has 0 aromatic carbocycles. The van der Waals surface area contributed by atoms with Crippen LogP contribution in [0.15, 0.2) is 0 Å². The third-order valence-electron chi connectivity index (χ3n) is 1.80. The van der Waals surface area contributed by atoms with Crippen LogP contribution in [0.3, 0.4) is 0 Å². The molecule has 12 heavy (non-hydrogen) atoms. The topological polar surface area (TPSA) is 49.8 Å². The number of nitrogens with zero attached hydrogens (tertiary/aromatic N) is 1. The number of carbonyl (C=O) groups is 1. The van der Waals surface area contributed by atoms with Crippen molar-refractivity contribution in [3.63, 3.8) is 0 Å². The van der Waals surface area contributed by atoms with Gasteiger partial charge in [0.25, 0.3) is 0 Å². The first-order valence-electron chi connectivity index (χ1n) is 4.07. The molecule has 1 rings (SSSR count). The zero-order valence-corrected chi connectivity index (χ0v) is 7.84. The van der Waals surface area contributed by atoms with Crippen molar-refractivity contribution in [3.05, 3.63) is 0 Å². The Morgan fingerprint density at radius 2 is 2.58 bits per heavy atom. The summed E-state index contributed by atoms with van der Waals surface area (Å²) < 4.78 is 6.28. The molecule has 0 aliphatic carbocycles. The number of hydrogen-bond donors (Lipinski definition) is 1. The molecule has 1 aliphatic rings. The van der Waals surface area contributed by atoms with Crippen LogP contribution in [0.25, 0.3) is 0 Å². The van der Waals surface area contributed by atoms with Crippen LogP contribution in [-0.2, 0) is 4.18 Å². The van der Waals surface area contributed by atoms with Crippen LogP contribution in [0, 0.1) is 0 Å². The summed E-state index contributed by atoms with van der Waals surface area (Å²) in [5.41, 5.74) is 0. The van der Waals surface area contributed by atoms with Crippen LogP contribution in [0.2, 0.25) is 0 Å². The molecule has 0 unspecified atom stereocenters. The molecule has 1 N–H and O–H groups in total. The van der Waals surface area contributed by atoms with E-state index in [0.29, 0.717) is 6.61 Å². The van der Waals surface area contributed by atoms with Crippen molar-refractivity contribution >= 4 is 18.3 Å². The zero-order chi connectivity index (χ0) is 8.97. The molecule has 0 spiro atoms. The largest absolute Gasteiger partial charge is 0.464 e. The molecule has 4 nitrogen and oxygen atoms in total. The van der Waals surface area contributed by atoms with Crippen LogP contribution in [-0.4, -0.2) is 28.2 Å². The third-order valence-corrected chi connectivity index (χ3v) is 2.66. The van der Waals surface area contributed by atoms with Gasteiger partial charge in [0, 0.05) is 0 Å². The van der Waals surface area contributed by atoms with Gasteiger partial charge >= 0.3 is 6.09 Å². The lowest BCUT2D eigenvalue weighted by molar-refractivity contribution is 0.164. The Morgan fingerprint density at radius 3 is 3.17 bits per heavy atom. The van der Waals surface area contributed by atoms with Crippen molar-refractivity contribution in [2.24, 2.45) is 0 Å². The lowest BCUT2D eigenvalue weighted by Crippen LogP contribution is -2.30. The highest BCUT2D eigenvalue weighted by Gasteiger charge is 2.30. The van der Waals surface area contributed by atoms with Gasteiger partial charge in [0.05, 0.1) is 12.6 Å². The van der Waals surface area contributed by atoms with E-state index in [2.05, 4.69) is 6.92 Å². The van der Waals surface area contributed by atoms with Crippen molar-refractivity contribution in [1.29, 1.82) is 0 Å². The summed E-state index contributed by atoms with van der Waals surface area (Å²) >= 11 is 0.943. The number of carboxylic acid groups (broad SMARTS) is 1. The molecule has 70 valence electrons. The summed E-state index contributed by atoms with van der Waals surface area (Å²) in [7, 11) is 0. The fourth-order valence-corrected chi connectivity index (χ4v) is 1.81. The molecule has 1 fully saturated rings. The first-order valence-corrected chi connectivity index (χ1v) is 4.77. The van der Waals surface area contributed by atoms with E-state index in [0.717, 1.165) is 31.5 Å². The van der Waals surface area contributed by atoms with E-state index >= 15 is 0 Å². The normalized spacial score (nSPS) is 23.1. The summed E-state index contributed by atoms with van der Waals surface area (Å²) in [4.78, 5) is 10.6. The molecule has 1 saturated heterocycles. The molecule has 0 radical (unpaired) electrons. The summed E-state index contributed by atoms with van der Waals surface area (Å²) in [6.07, 6.45) is 2.14. The predicted octanol–water partition coefficient (Wildman–Crippen LogP) is 2.12. The lowest BCUT2D eigenvalue weighted by atomic mass is 10.1. The standard InChI is InChI=1S/C7H13NO3S/c1-2-3-4-6-5-11-12-8(6)7(9)10/h6H,2-5H2,1H3,(H,9,10)/t6-/m0/s1. The SMILES string of the molecule is CCCC[C@H]1COSN1C(=O)O. The van der Waals surface area contributed by atoms with Crippen LogP contribution in [0.4, 0.5) is 4.79 Å². The molecular weight excluding hydrogens is 178 g/mol. The van der Waals surface area contributed by atoms with Gasteiger partial charge in [-0.15, -0.1) is 0 Å². The van der Waals surface area contributed by atoms with Gasteiger partial charge in [0.15, 0.2) is 0 Å². The van der Waals surface area contributed by atoms with Crippen molar-refractivity contribution < 1.29 is 14.1 Å². The Kier molecular flexibility index (Phi) is 3.68. The average molecular weight is 191 g/mol. The fraction of sp³-hybridized carbons (Fsp3) is 0.857. The third kappa shape index (κ3) is 2.28. The highest BCUT2D eigenvalue weighted by molar-refractivity contribution is 7.93. The number of hydrogen-bond acceptors (Lipinski definition) is 3. The molecular formula is C7H13NO3S. The van der Waals surface area contributed by atoms with E-state index in [9.17, 15) is 4.79 Å². The summed E-state index contributed by atoms with van der Waals surface area (Å²) in [5, 5.41) is 8.71. The van der Waals surface area contributed by atoms with E-state index in [1.807, 2.05) is 0 Å². The van der Waals surface area contributed by atoms with Gasteiger partial charge in [0.2, 0.25) is 0 Å². The van der Waals surface area contributed by atoms with Crippen molar-refractivity contribution in [1.82, 2.24) is 4.31 Å². The Bertz CT molecular complexity index is 165. The average Bonchev–Trinajstić information content (AvgIpc) is 2.48. The van der Waals surface area contributed by atoms with Gasteiger partial charge in [-0.25, -0.2) is 9.10 Å². The maximum Gasteiger partial charge on any atom is 0.419 e. The maximum atomic E-state index is 10.6. The Labute approximate surface area is 76.2 Å². The number of unbranched alkanes of at least 4 members (excludes halogenated alkanes) is 1. The van der Waals surface area contributed by atoms with E-state index in [-0.39, 0.29) is 6.04 Å². The van der Waals surface area contributed by atoms with Crippen LogP contribution in [0.5, 0.6) is 0 Å². The second-order valence-electron chi connectivity index (χ2n) is 2.76. The molecule has 5 heteroatoms. The van der Waals surface area contributed by atoms with Gasteiger partial charge in [-0.2, -0.15) is 0 Å². The molecule has 1 heterocycles.